The number of amides is 1. The van der Waals surface area contributed by atoms with Gasteiger partial charge in [-0.2, -0.15) is 0 Å². The lowest BCUT2D eigenvalue weighted by atomic mass is 9.94. The Hall–Kier alpha value is -2.04. The molecule has 0 radical (unpaired) electrons. The molecule has 0 saturated heterocycles. The molecule has 0 bridgehead atoms. The second kappa shape index (κ2) is 7.49. The molecule has 2 rings (SSSR count). The fourth-order valence-corrected chi connectivity index (χ4v) is 3.03. The van der Waals surface area contributed by atoms with Gasteiger partial charge in [-0.15, -0.1) is 0 Å². The van der Waals surface area contributed by atoms with Crippen molar-refractivity contribution in [1.29, 1.82) is 0 Å². The zero-order valence-corrected chi connectivity index (χ0v) is 14.0. The van der Waals surface area contributed by atoms with Crippen LogP contribution in [0.5, 0.6) is 5.75 Å². The van der Waals surface area contributed by atoms with Crippen LogP contribution in [-0.2, 0) is 9.53 Å². The highest BCUT2D eigenvalue weighted by Crippen LogP contribution is 2.24. The van der Waals surface area contributed by atoms with Crippen molar-refractivity contribution in [3.63, 3.8) is 0 Å². The molecule has 1 atom stereocenters. The summed E-state index contributed by atoms with van der Waals surface area (Å²) in [4.78, 5) is 26.3. The molecular formula is C18H25NO4. The van der Waals surface area contributed by atoms with E-state index in [9.17, 15) is 14.7 Å². The number of hydrogen-bond acceptors (Lipinski definition) is 4. The molecule has 1 aromatic rings. The molecule has 1 aromatic carbocycles. The zero-order valence-electron chi connectivity index (χ0n) is 14.0. The second-order valence-electron chi connectivity index (χ2n) is 6.26. The highest BCUT2D eigenvalue weighted by atomic mass is 16.5. The van der Waals surface area contributed by atoms with Gasteiger partial charge >= 0.3 is 5.97 Å². The molecule has 126 valence electrons. The molecule has 1 fully saturated rings. The Bertz CT molecular complexity index is 578. The van der Waals surface area contributed by atoms with Gasteiger partial charge in [0.25, 0.3) is 5.91 Å². The first-order valence-electron chi connectivity index (χ1n) is 8.18. The van der Waals surface area contributed by atoms with E-state index >= 15 is 0 Å². The zero-order chi connectivity index (χ0) is 17.0. The molecule has 23 heavy (non-hydrogen) atoms. The first-order chi connectivity index (χ1) is 10.9. The summed E-state index contributed by atoms with van der Waals surface area (Å²) in [6, 6.07) is 5.10. The molecule has 0 aromatic heterocycles. The Balaban J connectivity index is 1.99. The number of rotatable bonds is 4. The van der Waals surface area contributed by atoms with Gasteiger partial charge in [0.05, 0.1) is 0 Å². The van der Waals surface area contributed by atoms with E-state index in [1.165, 1.54) is 12.5 Å². The Morgan fingerprint density at radius 2 is 1.91 bits per heavy atom. The van der Waals surface area contributed by atoms with Crippen LogP contribution in [0.4, 0.5) is 0 Å². The van der Waals surface area contributed by atoms with Crippen LogP contribution < -0.4 is 0 Å². The van der Waals surface area contributed by atoms with Crippen LogP contribution in [0, 0.1) is 6.92 Å². The van der Waals surface area contributed by atoms with Crippen molar-refractivity contribution < 1.29 is 19.4 Å². The van der Waals surface area contributed by atoms with Gasteiger partial charge in [-0.05, 0) is 38.3 Å². The summed E-state index contributed by atoms with van der Waals surface area (Å²) in [5.41, 5.74) is 0.683. The van der Waals surface area contributed by atoms with Gasteiger partial charge in [0.15, 0.2) is 6.10 Å². The van der Waals surface area contributed by atoms with Gasteiger partial charge in [0.1, 0.15) is 11.3 Å². The van der Waals surface area contributed by atoms with Crippen LogP contribution in [0.15, 0.2) is 18.2 Å². The molecular weight excluding hydrogens is 294 g/mol. The maximum atomic E-state index is 12.4. The quantitative estimate of drug-likeness (QED) is 0.866. The Kier molecular flexibility index (Phi) is 5.64. The summed E-state index contributed by atoms with van der Waals surface area (Å²) in [6.45, 7) is 3.28. The summed E-state index contributed by atoms with van der Waals surface area (Å²) in [5.74, 6) is -0.973. The number of phenolic OH excluding ortho intramolecular Hbond substituents is 1. The van der Waals surface area contributed by atoms with Crippen LogP contribution in [-0.4, -0.2) is 41.1 Å². The molecule has 5 heteroatoms. The highest BCUT2D eigenvalue weighted by molar-refractivity contribution is 5.94. The lowest BCUT2D eigenvalue weighted by Gasteiger charge is -2.32. The van der Waals surface area contributed by atoms with Crippen molar-refractivity contribution in [1.82, 2.24) is 4.90 Å². The van der Waals surface area contributed by atoms with E-state index in [0.29, 0.717) is 5.56 Å². The van der Waals surface area contributed by atoms with Gasteiger partial charge in [0.2, 0.25) is 0 Å². The average molecular weight is 319 g/mol. The van der Waals surface area contributed by atoms with Crippen molar-refractivity contribution in [2.75, 3.05) is 7.05 Å². The SMILES string of the molecule is Cc1cccc(C(=O)O[C@H](C)C(=O)N(C)C2CCCCC2)c1O. The van der Waals surface area contributed by atoms with Crippen molar-refractivity contribution >= 4 is 11.9 Å². The van der Waals surface area contributed by atoms with Gasteiger partial charge in [-0.1, -0.05) is 31.4 Å². The molecule has 1 aliphatic carbocycles. The van der Waals surface area contributed by atoms with Gasteiger partial charge in [0, 0.05) is 13.1 Å². The van der Waals surface area contributed by atoms with Crippen LogP contribution in [0.25, 0.3) is 0 Å². The molecule has 5 nitrogen and oxygen atoms in total. The number of carbonyl (C=O) groups excluding carboxylic acids is 2. The van der Waals surface area contributed by atoms with Gasteiger partial charge in [-0.3, -0.25) is 4.79 Å². The number of para-hydroxylation sites is 1. The standard InChI is InChI=1S/C18H25NO4/c1-12-8-7-11-15(16(12)20)18(22)23-13(2)17(21)19(3)14-9-5-4-6-10-14/h7-8,11,13-14,20H,4-6,9-10H2,1-3H3/t13-/m1/s1. The Morgan fingerprint density at radius 1 is 1.26 bits per heavy atom. The molecule has 0 spiro atoms. The number of aromatic hydroxyl groups is 1. The topological polar surface area (TPSA) is 66.8 Å². The lowest BCUT2D eigenvalue weighted by molar-refractivity contribution is -0.141. The van der Waals surface area contributed by atoms with E-state index in [1.807, 2.05) is 0 Å². The predicted molar refractivity (Wildman–Crippen MR) is 87.4 cm³/mol. The predicted octanol–water partition coefficient (Wildman–Crippen LogP) is 3.04. The third-order valence-corrected chi connectivity index (χ3v) is 4.56. The Labute approximate surface area is 137 Å². The minimum atomic E-state index is -0.866. The molecule has 0 aliphatic heterocycles. The third kappa shape index (κ3) is 4.03. The summed E-state index contributed by atoms with van der Waals surface area (Å²) in [6.07, 6.45) is 4.62. The fraction of sp³-hybridized carbons (Fsp3) is 0.556. The van der Waals surface area contributed by atoms with Crippen molar-refractivity contribution in [3.05, 3.63) is 29.3 Å². The van der Waals surface area contributed by atoms with E-state index in [-0.39, 0.29) is 23.3 Å². The van der Waals surface area contributed by atoms with Crippen LogP contribution in [0.1, 0.15) is 54.9 Å². The molecule has 0 heterocycles. The molecule has 1 aliphatic rings. The number of ether oxygens (including phenoxy) is 1. The molecule has 0 unspecified atom stereocenters. The normalized spacial score (nSPS) is 16.7. The van der Waals surface area contributed by atoms with Crippen molar-refractivity contribution in [2.24, 2.45) is 0 Å². The maximum absolute atomic E-state index is 12.4. The molecule has 1 N–H and O–H groups in total. The number of nitrogens with zero attached hydrogens (tertiary/aromatic N) is 1. The van der Waals surface area contributed by atoms with Crippen molar-refractivity contribution in [3.8, 4) is 5.75 Å². The van der Waals surface area contributed by atoms with E-state index in [4.69, 9.17) is 4.74 Å². The second-order valence-corrected chi connectivity index (χ2v) is 6.26. The van der Waals surface area contributed by atoms with E-state index in [2.05, 4.69) is 0 Å². The minimum absolute atomic E-state index is 0.0879. The molecule has 1 amide bonds. The minimum Gasteiger partial charge on any atom is -0.507 e. The monoisotopic (exact) mass is 319 g/mol. The number of hydrogen-bond donors (Lipinski definition) is 1. The molecule has 1 saturated carbocycles. The number of aryl methyl sites for hydroxylation is 1. The summed E-state index contributed by atoms with van der Waals surface area (Å²) < 4.78 is 5.26. The van der Waals surface area contributed by atoms with Gasteiger partial charge in [-0.25, -0.2) is 4.79 Å². The Morgan fingerprint density at radius 3 is 2.57 bits per heavy atom. The summed E-state index contributed by atoms with van der Waals surface area (Å²) in [7, 11) is 1.77. The number of benzene rings is 1. The average Bonchev–Trinajstić information content (AvgIpc) is 2.56. The van der Waals surface area contributed by atoms with Crippen molar-refractivity contribution in [2.45, 2.75) is 58.1 Å². The van der Waals surface area contributed by atoms with E-state index < -0.39 is 12.1 Å². The third-order valence-electron chi connectivity index (χ3n) is 4.56. The fourth-order valence-electron chi connectivity index (χ4n) is 3.03. The van der Waals surface area contributed by atoms with E-state index in [1.54, 1.807) is 37.9 Å². The largest absolute Gasteiger partial charge is 0.507 e. The lowest BCUT2D eigenvalue weighted by Crippen LogP contribution is -2.44. The summed E-state index contributed by atoms with van der Waals surface area (Å²) in [5, 5.41) is 9.94. The summed E-state index contributed by atoms with van der Waals surface area (Å²) >= 11 is 0. The first kappa shape index (κ1) is 17.3. The van der Waals surface area contributed by atoms with Crippen LogP contribution >= 0.6 is 0 Å². The number of esters is 1. The van der Waals surface area contributed by atoms with E-state index in [0.717, 1.165) is 25.7 Å². The smallest absolute Gasteiger partial charge is 0.342 e. The highest BCUT2D eigenvalue weighted by Gasteiger charge is 2.28. The number of phenols is 1. The van der Waals surface area contributed by atoms with Crippen LogP contribution in [0.2, 0.25) is 0 Å². The number of likely N-dealkylation sites (N-methyl/N-ethyl adjacent to an activating group) is 1. The van der Waals surface area contributed by atoms with Crippen LogP contribution in [0.3, 0.4) is 0 Å². The first-order valence-corrected chi connectivity index (χ1v) is 8.18. The van der Waals surface area contributed by atoms with Gasteiger partial charge < -0.3 is 14.7 Å². The number of carbonyl (C=O) groups is 2. The maximum Gasteiger partial charge on any atom is 0.342 e.